The van der Waals surface area contributed by atoms with E-state index in [9.17, 15) is 19.2 Å². The van der Waals surface area contributed by atoms with Gasteiger partial charge in [0.15, 0.2) is 0 Å². The minimum absolute atomic E-state index is 0.0310. The molecule has 0 unspecified atom stereocenters. The van der Waals surface area contributed by atoms with E-state index in [1.165, 1.54) is 0 Å². The molecule has 11 heteroatoms. The molecular formula is C31H40N7O4+. The Morgan fingerprint density at radius 3 is 2.45 bits per heavy atom. The molecule has 0 aliphatic carbocycles. The molecule has 2 aliphatic heterocycles. The minimum Gasteiger partial charge on any atom is -0.378 e. The topological polar surface area (TPSA) is 148 Å². The lowest BCUT2D eigenvalue weighted by Gasteiger charge is -2.42. The van der Waals surface area contributed by atoms with Gasteiger partial charge in [-0.25, -0.2) is 0 Å². The highest BCUT2D eigenvalue weighted by Gasteiger charge is 2.41. The van der Waals surface area contributed by atoms with Gasteiger partial charge in [-0.3, -0.25) is 19.2 Å². The number of carbonyl (C=O) groups excluding carboxylic acids is 4. The zero-order valence-corrected chi connectivity index (χ0v) is 24.2. The van der Waals surface area contributed by atoms with E-state index in [1.54, 1.807) is 21.9 Å². The predicted octanol–water partition coefficient (Wildman–Crippen LogP) is 0.0731. The average molecular weight is 575 g/mol. The number of hydrogen-bond donors (Lipinski definition) is 4. The van der Waals surface area contributed by atoms with Crippen molar-refractivity contribution in [1.82, 2.24) is 20.1 Å². The van der Waals surface area contributed by atoms with Crippen LogP contribution in [-0.4, -0.2) is 97.3 Å². The van der Waals surface area contributed by atoms with E-state index in [-0.39, 0.29) is 37.2 Å². The number of hydrogen-bond acceptors (Lipinski definition) is 5. The second-order valence-corrected chi connectivity index (χ2v) is 11.4. The number of piperazine rings is 1. The first kappa shape index (κ1) is 29.1. The van der Waals surface area contributed by atoms with Gasteiger partial charge < -0.3 is 36.1 Å². The van der Waals surface area contributed by atoms with Crippen LogP contribution in [0.1, 0.15) is 28.8 Å². The second kappa shape index (κ2) is 12.6. The van der Waals surface area contributed by atoms with E-state index in [1.807, 2.05) is 61.6 Å². The van der Waals surface area contributed by atoms with Crippen LogP contribution < -0.4 is 21.3 Å². The number of aromatic nitrogens is 1. The number of nitrogens with zero attached hydrogens (tertiary/aromatic N) is 3. The molecule has 1 aromatic heterocycles. The smallest absolute Gasteiger partial charge is 0.254 e. The number of para-hydroxylation sites is 1. The van der Waals surface area contributed by atoms with Crippen molar-refractivity contribution in [3.8, 4) is 0 Å². The number of carbonyl (C=O) groups is 4. The minimum atomic E-state index is -0.984. The molecule has 2 aliphatic rings. The lowest BCUT2D eigenvalue weighted by molar-refractivity contribution is -0.664. The van der Waals surface area contributed by atoms with Gasteiger partial charge in [-0.2, -0.15) is 0 Å². The van der Waals surface area contributed by atoms with E-state index in [4.69, 9.17) is 5.73 Å². The van der Waals surface area contributed by atoms with E-state index < -0.39 is 23.9 Å². The first-order chi connectivity index (χ1) is 20.2. The SMILES string of the molecule is CN(C)c1ccc(C(=O)N2CCN(C(=O)C3CC[NH2+]CC3)[C@H](C(=O)N[C@H](Cc3c[nH]c4ccccc34)C(N)=O)C2)cc1. The quantitative estimate of drug-likeness (QED) is 0.301. The normalized spacial score (nSPS) is 18.5. The molecule has 5 rings (SSSR count). The molecule has 42 heavy (non-hydrogen) atoms. The molecule has 2 atom stereocenters. The van der Waals surface area contributed by atoms with Crippen LogP contribution in [0.5, 0.6) is 0 Å². The monoisotopic (exact) mass is 574 g/mol. The zero-order chi connectivity index (χ0) is 29.8. The number of amides is 4. The zero-order valence-electron chi connectivity index (χ0n) is 24.2. The van der Waals surface area contributed by atoms with Gasteiger partial charge in [0.05, 0.1) is 19.6 Å². The van der Waals surface area contributed by atoms with Crippen molar-refractivity contribution < 1.29 is 24.5 Å². The summed E-state index contributed by atoms with van der Waals surface area (Å²) >= 11 is 0. The van der Waals surface area contributed by atoms with Crippen molar-refractivity contribution in [3.63, 3.8) is 0 Å². The van der Waals surface area contributed by atoms with Crippen LogP contribution in [0, 0.1) is 5.92 Å². The number of rotatable bonds is 8. The summed E-state index contributed by atoms with van der Waals surface area (Å²) in [5.74, 6) is -1.60. The maximum Gasteiger partial charge on any atom is 0.254 e. The Labute approximate surface area is 245 Å². The van der Waals surface area contributed by atoms with Crippen molar-refractivity contribution in [2.75, 3.05) is 51.7 Å². The van der Waals surface area contributed by atoms with Crippen LogP contribution >= 0.6 is 0 Å². The fourth-order valence-electron chi connectivity index (χ4n) is 5.96. The molecule has 0 bridgehead atoms. The van der Waals surface area contributed by atoms with E-state index in [2.05, 4.69) is 15.6 Å². The second-order valence-electron chi connectivity index (χ2n) is 11.4. The number of anilines is 1. The lowest BCUT2D eigenvalue weighted by Crippen LogP contribution is -2.86. The summed E-state index contributed by atoms with van der Waals surface area (Å²) in [4.78, 5) is 61.9. The van der Waals surface area contributed by atoms with Gasteiger partial charge in [0.2, 0.25) is 17.7 Å². The van der Waals surface area contributed by atoms with E-state index in [0.29, 0.717) is 12.1 Å². The predicted molar refractivity (Wildman–Crippen MR) is 160 cm³/mol. The fourth-order valence-corrected chi connectivity index (χ4v) is 5.96. The summed E-state index contributed by atoms with van der Waals surface area (Å²) in [5.41, 5.74) is 9.01. The van der Waals surface area contributed by atoms with Crippen LogP contribution in [0.3, 0.4) is 0 Å². The number of H-pyrrole nitrogens is 1. The summed E-state index contributed by atoms with van der Waals surface area (Å²) in [5, 5.41) is 5.96. The number of nitrogens with one attached hydrogen (secondary N) is 2. The van der Waals surface area contributed by atoms with E-state index in [0.717, 1.165) is 48.1 Å². The highest BCUT2D eigenvalue weighted by molar-refractivity contribution is 5.97. The Kier molecular flexibility index (Phi) is 8.77. The first-order valence-electron chi connectivity index (χ1n) is 14.6. The van der Waals surface area contributed by atoms with Crippen molar-refractivity contribution >= 4 is 40.2 Å². The molecule has 2 saturated heterocycles. The first-order valence-corrected chi connectivity index (χ1v) is 14.6. The molecule has 222 valence electrons. The fraction of sp³-hybridized carbons (Fsp3) is 0.419. The van der Waals surface area contributed by atoms with E-state index >= 15 is 0 Å². The van der Waals surface area contributed by atoms with Gasteiger partial charge >= 0.3 is 0 Å². The van der Waals surface area contributed by atoms with Gasteiger partial charge in [0.25, 0.3) is 5.91 Å². The van der Waals surface area contributed by atoms with Gasteiger partial charge in [-0.15, -0.1) is 0 Å². The van der Waals surface area contributed by atoms with Crippen LogP contribution in [0.15, 0.2) is 54.7 Å². The Morgan fingerprint density at radius 1 is 1.05 bits per heavy atom. The lowest BCUT2D eigenvalue weighted by atomic mass is 9.95. The molecule has 3 aromatic rings. The van der Waals surface area contributed by atoms with Crippen molar-refractivity contribution in [1.29, 1.82) is 0 Å². The summed E-state index contributed by atoms with van der Waals surface area (Å²) < 4.78 is 0. The highest BCUT2D eigenvalue weighted by Crippen LogP contribution is 2.22. The third kappa shape index (κ3) is 6.25. The summed E-state index contributed by atoms with van der Waals surface area (Å²) in [7, 11) is 3.86. The highest BCUT2D eigenvalue weighted by atomic mass is 16.2. The molecule has 3 heterocycles. The molecule has 2 aromatic carbocycles. The molecule has 11 nitrogen and oxygen atoms in total. The van der Waals surface area contributed by atoms with Crippen LogP contribution in [0.2, 0.25) is 0 Å². The third-order valence-corrected chi connectivity index (χ3v) is 8.43. The molecule has 6 N–H and O–H groups in total. The van der Waals surface area contributed by atoms with Crippen molar-refractivity contribution in [3.05, 3.63) is 65.9 Å². The van der Waals surface area contributed by atoms with Crippen LogP contribution in [0.25, 0.3) is 10.9 Å². The number of aromatic amines is 1. The van der Waals surface area contributed by atoms with Gasteiger partial charge in [-0.05, 0) is 35.9 Å². The maximum atomic E-state index is 13.9. The number of nitrogens with two attached hydrogens (primary N) is 2. The molecule has 0 saturated carbocycles. The van der Waals surface area contributed by atoms with Crippen molar-refractivity contribution in [2.45, 2.75) is 31.3 Å². The van der Waals surface area contributed by atoms with Gasteiger partial charge in [0.1, 0.15) is 12.1 Å². The standard InChI is InChI=1S/C31H39N7O4/c1-36(2)23-9-7-20(8-10-23)30(41)37-15-16-38(31(42)21-11-13-33-14-12-21)27(19-37)29(40)35-26(28(32)39)17-22-18-34-25-6-4-3-5-24(22)25/h3-10,18,21,26-27,33-34H,11-17,19H2,1-2H3,(H2,32,39)(H,35,40)/p+1/t26-,27+/m1/s1. The number of piperidine rings is 1. The maximum absolute atomic E-state index is 13.9. The number of quaternary nitrogens is 1. The van der Waals surface area contributed by atoms with Crippen molar-refractivity contribution in [2.24, 2.45) is 11.7 Å². The molecule has 0 spiro atoms. The Hall–Kier alpha value is -4.38. The number of primary amides is 1. The molecule has 2 fully saturated rings. The Morgan fingerprint density at radius 2 is 1.76 bits per heavy atom. The van der Waals surface area contributed by atoms with Crippen LogP contribution in [0.4, 0.5) is 5.69 Å². The molecule has 0 radical (unpaired) electrons. The van der Waals surface area contributed by atoms with Crippen LogP contribution in [-0.2, 0) is 20.8 Å². The molecular weight excluding hydrogens is 534 g/mol. The van der Waals surface area contributed by atoms with Gasteiger partial charge in [-0.1, -0.05) is 18.2 Å². The van der Waals surface area contributed by atoms with Gasteiger partial charge in [0, 0.05) is 80.7 Å². The number of fused-ring (bicyclic) bond motifs is 1. The molecule has 4 amide bonds. The Bertz CT molecular complexity index is 1440. The Balaban J connectivity index is 1.36. The summed E-state index contributed by atoms with van der Waals surface area (Å²) in [6.07, 6.45) is 3.50. The largest absolute Gasteiger partial charge is 0.378 e. The summed E-state index contributed by atoms with van der Waals surface area (Å²) in [6, 6.07) is 13.1. The summed E-state index contributed by atoms with van der Waals surface area (Å²) in [6.45, 7) is 2.31. The third-order valence-electron chi connectivity index (χ3n) is 8.43. The number of benzene rings is 2. The average Bonchev–Trinajstić information content (AvgIpc) is 3.42.